The number of hydrogen-bond acceptors (Lipinski definition) is 5. The second-order valence-electron chi connectivity index (χ2n) is 5.38. The van der Waals surface area contributed by atoms with Crippen molar-refractivity contribution in [2.24, 2.45) is 0 Å². The molecular weight excluding hydrogens is 367 g/mol. The first-order valence-corrected chi connectivity index (χ1v) is 8.64. The number of hydrogen-bond donors (Lipinski definition) is 2. The van der Waals surface area contributed by atoms with Crippen LogP contribution in [0.3, 0.4) is 0 Å². The van der Waals surface area contributed by atoms with E-state index in [1.165, 1.54) is 24.3 Å². The van der Waals surface area contributed by atoms with Crippen molar-refractivity contribution < 1.29 is 32.3 Å². The van der Waals surface area contributed by atoms with E-state index in [0.717, 1.165) is 18.2 Å². The minimum atomic E-state index is -4.32. The van der Waals surface area contributed by atoms with Gasteiger partial charge in [-0.25, -0.2) is 17.1 Å². The van der Waals surface area contributed by atoms with Gasteiger partial charge in [-0.15, -0.1) is 0 Å². The van der Waals surface area contributed by atoms with E-state index in [2.05, 4.69) is 5.32 Å². The quantitative estimate of drug-likeness (QED) is 0.827. The number of carbonyl (C=O) groups is 3. The Morgan fingerprint density at radius 1 is 1.12 bits per heavy atom. The third-order valence-electron chi connectivity index (χ3n) is 3.65. The summed E-state index contributed by atoms with van der Waals surface area (Å²) in [5, 5.41) is 11.2. The Labute approximate surface area is 146 Å². The van der Waals surface area contributed by atoms with Crippen LogP contribution in [-0.4, -0.2) is 42.2 Å². The van der Waals surface area contributed by atoms with Gasteiger partial charge in [0.25, 0.3) is 21.8 Å². The first-order chi connectivity index (χ1) is 12.2. The lowest BCUT2D eigenvalue weighted by molar-refractivity contribution is -0.136. The average molecular weight is 378 g/mol. The van der Waals surface area contributed by atoms with Gasteiger partial charge in [0.15, 0.2) is 0 Å². The molecule has 0 radical (unpaired) electrons. The van der Waals surface area contributed by atoms with Crippen LogP contribution in [0.4, 0.5) is 10.1 Å². The van der Waals surface area contributed by atoms with Gasteiger partial charge in [-0.05, 0) is 42.5 Å². The van der Waals surface area contributed by atoms with Crippen LogP contribution < -0.4 is 5.32 Å². The molecule has 1 aliphatic heterocycles. The van der Waals surface area contributed by atoms with Gasteiger partial charge < -0.3 is 10.4 Å². The normalized spacial score (nSPS) is 14.8. The van der Waals surface area contributed by atoms with Gasteiger partial charge in [0.1, 0.15) is 17.3 Å². The van der Waals surface area contributed by atoms with E-state index in [1.54, 1.807) is 0 Å². The predicted octanol–water partition coefficient (Wildman–Crippen LogP) is 1.31. The molecule has 0 saturated heterocycles. The van der Waals surface area contributed by atoms with Crippen molar-refractivity contribution in [1.82, 2.24) is 4.31 Å². The molecule has 0 aromatic heterocycles. The van der Waals surface area contributed by atoms with E-state index in [0.29, 0.717) is 0 Å². The number of aliphatic carboxylic acids is 1. The Morgan fingerprint density at radius 3 is 2.38 bits per heavy atom. The van der Waals surface area contributed by atoms with Gasteiger partial charge in [-0.2, -0.15) is 0 Å². The van der Waals surface area contributed by atoms with Crippen LogP contribution in [0, 0.1) is 5.82 Å². The fraction of sp³-hybridized carbons (Fsp3) is 0.0625. The van der Waals surface area contributed by atoms with Crippen molar-refractivity contribution in [2.45, 2.75) is 4.90 Å². The standard InChI is InChI=1S/C16H11FN2O6S/c17-10-3-1-9(2-4-10)15(22)18-11-5-6-12-13(7-11)26(24,25)19(16(12)23)8-14(20)21/h1-7H,8H2,(H,18,22)(H,20,21). The Bertz CT molecular complexity index is 1030. The number of nitrogens with zero attached hydrogens (tertiary/aromatic N) is 1. The largest absolute Gasteiger partial charge is 0.480 e. The Balaban J connectivity index is 1.91. The van der Waals surface area contributed by atoms with Crippen molar-refractivity contribution in [2.75, 3.05) is 11.9 Å². The van der Waals surface area contributed by atoms with E-state index in [4.69, 9.17) is 5.11 Å². The Morgan fingerprint density at radius 2 is 1.77 bits per heavy atom. The molecule has 10 heteroatoms. The molecule has 2 N–H and O–H groups in total. The molecule has 2 aromatic carbocycles. The topological polar surface area (TPSA) is 121 Å². The summed E-state index contributed by atoms with van der Waals surface area (Å²) < 4.78 is 37.9. The molecule has 0 unspecified atom stereocenters. The SMILES string of the molecule is O=C(O)CN1C(=O)c2ccc(NC(=O)c3ccc(F)cc3)cc2S1(=O)=O. The van der Waals surface area contributed by atoms with Crippen molar-refractivity contribution in [1.29, 1.82) is 0 Å². The summed E-state index contributed by atoms with van der Waals surface area (Å²) in [5.41, 5.74) is 0.0657. The molecule has 0 atom stereocenters. The van der Waals surface area contributed by atoms with Crippen LogP contribution >= 0.6 is 0 Å². The van der Waals surface area contributed by atoms with Crippen LogP contribution in [0.2, 0.25) is 0 Å². The summed E-state index contributed by atoms with van der Waals surface area (Å²) in [7, 11) is -4.32. The number of benzene rings is 2. The summed E-state index contributed by atoms with van der Waals surface area (Å²) in [6, 6.07) is 8.30. The number of nitrogens with one attached hydrogen (secondary N) is 1. The molecule has 2 amide bonds. The maximum absolute atomic E-state index is 12.9. The van der Waals surface area contributed by atoms with Crippen LogP contribution in [0.5, 0.6) is 0 Å². The molecule has 8 nitrogen and oxygen atoms in total. The minimum absolute atomic E-state index is 0.0895. The zero-order chi connectivity index (χ0) is 19.1. The lowest BCUT2D eigenvalue weighted by Crippen LogP contribution is -2.34. The number of rotatable bonds is 4. The fourth-order valence-corrected chi connectivity index (χ4v) is 3.98. The van der Waals surface area contributed by atoms with Gasteiger partial charge in [-0.1, -0.05) is 0 Å². The van der Waals surface area contributed by atoms with E-state index in [9.17, 15) is 27.2 Å². The number of anilines is 1. The number of carboxylic acid groups (broad SMARTS) is 1. The summed E-state index contributed by atoms with van der Waals surface area (Å²) in [6.07, 6.45) is 0. The summed E-state index contributed by atoms with van der Waals surface area (Å²) in [4.78, 5) is 34.6. The first-order valence-electron chi connectivity index (χ1n) is 7.20. The molecule has 134 valence electrons. The highest BCUT2D eigenvalue weighted by Gasteiger charge is 2.42. The fourth-order valence-electron chi connectivity index (χ4n) is 2.44. The molecule has 0 fully saturated rings. The molecule has 0 aliphatic carbocycles. The van der Waals surface area contributed by atoms with Crippen LogP contribution in [0.25, 0.3) is 0 Å². The summed E-state index contributed by atoms with van der Waals surface area (Å²) in [6.45, 7) is -0.993. The highest BCUT2D eigenvalue weighted by molar-refractivity contribution is 7.90. The lowest BCUT2D eigenvalue weighted by Gasteiger charge is -2.11. The van der Waals surface area contributed by atoms with Crippen LogP contribution in [0.1, 0.15) is 20.7 Å². The maximum atomic E-state index is 12.9. The van der Waals surface area contributed by atoms with E-state index in [1.807, 2.05) is 0 Å². The van der Waals surface area contributed by atoms with Gasteiger partial charge in [0, 0.05) is 11.3 Å². The number of carbonyl (C=O) groups excluding carboxylic acids is 2. The van der Waals surface area contributed by atoms with Crippen molar-refractivity contribution in [3.63, 3.8) is 0 Å². The molecule has 0 bridgehead atoms. The van der Waals surface area contributed by atoms with Crippen LogP contribution in [-0.2, 0) is 14.8 Å². The number of carboxylic acids is 1. The highest BCUT2D eigenvalue weighted by atomic mass is 32.2. The van der Waals surface area contributed by atoms with Gasteiger partial charge in [0.05, 0.1) is 5.56 Å². The molecule has 1 aliphatic rings. The second-order valence-corrected chi connectivity index (χ2v) is 7.21. The first kappa shape index (κ1) is 17.5. The van der Waals surface area contributed by atoms with Gasteiger partial charge >= 0.3 is 5.97 Å². The van der Waals surface area contributed by atoms with Crippen molar-refractivity contribution >= 4 is 33.5 Å². The summed E-state index contributed by atoms with van der Waals surface area (Å²) in [5.74, 6) is -3.53. The molecule has 26 heavy (non-hydrogen) atoms. The van der Waals surface area contributed by atoms with Crippen molar-refractivity contribution in [3.05, 3.63) is 59.4 Å². The lowest BCUT2D eigenvalue weighted by atomic mass is 10.1. The zero-order valence-corrected chi connectivity index (χ0v) is 13.8. The second kappa shape index (κ2) is 6.23. The number of halogens is 1. The number of sulfonamides is 1. The number of amides is 2. The van der Waals surface area contributed by atoms with Crippen LogP contribution in [0.15, 0.2) is 47.4 Å². The van der Waals surface area contributed by atoms with Gasteiger partial charge in [-0.3, -0.25) is 14.4 Å². The maximum Gasteiger partial charge on any atom is 0.324 e. The molecule has 0 spiro atoms. The monoisotopic (exact) mass is 378 g/mol. The molecule has 1 heterocycles. The highest BCUT2D eigenvalue weighted by Crippen LogP contribution is 2.32. The Kier molecular flexibility index (Phi) is 4.20. The summed E-state index contributed by atoms with van der Waals surface area (Å²) >= 11 is 0. The predicted molar refractivity (Wildman–Crippen MR) is 86.7 cm³/mol. The minimum Gasteiger partial charge on any atom is -0.480 e. The van der Waals surface area contributed by atoms with E-state index in [-0.39, 0.29) is 26.0 Å². The molecule has 0 saturated carbocycles. The molecule has 3 rings (SSSR count). The molecule has 2 aromatic rings. The van der Waals surface area contributed by atoms with Crippen molar-refractivity contribution in [3.8, 4) is 0 Å². The zero-order valence-electron chi connectivity index (χ0n) is 13.0. The average Bonchev–Trinajstić information content (AvgIpc) is 2.76. The Hall–Kier alpha value is -3.27. The van der Waals surface area contributed by atoms with E-state index >= 15 is 0 Å². The van der Waals surface area contributed by atoms with Gasteiger partial charge in [0.2, 0.25) is 0 Å². The molecular formula is C16H11FN2O6S. The third kappa shape index (κ3) is 3.02. The van der Waals surface area contributed by atoms with E-state index < -0.39 is 40.2 Å². The number of fused-ring (bicyclic) bond motifs is 1. The third-order valence-corrected chi connectivity index (χ3v) is 5.42. The smallest absolute Gasteiger partial charge is 0.324 e.